The topological polar surface area (TPSA) is 87.7 Å². The average Bonchev–Trinajstić information content (AvgIpc) is 2.67. The number of piperazine rings is 1. The van der Waals surface area contributed by atoms with E-state index in [1.54, 1.807) is 29.2 Å². The molecule has 1 fully saturated rings. The van der Waals surface area contributed by atoms with E-state index in [0.717, 1.165) is 19.3 Å². The Morgan fingerprint density at radius 3 is 2.71 bits per heavy atom. The number of hydrogen-bond acceptors (Lipinski definition) is 5. The summed E-state index contributed by atoms with van der Waals surface area (Å²) in [7, 11) is 0. The molecule has 1 saturated heterocycles. The summed E-state index contributed by atoms with van der Waals surface area (Å²) >= 11 is 11.1. The Labute approximate surface area is 174 Å². The summed E-state index contributed by atoms with van der Waals surface area (Å²) in [6, 6.07) is 5.55. The fourth-order valence-corrected chi connectivity index (χ4v) is 3.20. The Morgan fingerprint density at radius 1 is 1.32 bits per heavy atom. The molecule has 1 aromatic carbocycles. The Morgan fingerprint density at radius 2 is 2.04 bits per heavy atom. The Kier molecular flexibility index (Phi) is 8.66. The highest BCUT2D eigenvalue weighted by molar-refractivity contribution is 7.80. The lowest BCUT2D eigenvalue weighted by Crippen LogP contribution is -2.60. The number of thiocarbonyl (C=S) groups is 1. The number of nitrogens with one attached hydrogen (secondary N) is 2. The number of unbranched alkanes of at least 4 members (excludes halogenated alkanes) is 2. The summed E-state index contributed by atoms with van der Waals surface area (Å²) in [6.07, 6.45) is 2.66. The standard InChI is InChI=1S/C19H24ClN3O4S/c1-2-3-4-11-27-16(24)12-15-18(26)21-9-10-23(15)19(28)22-17(25)13-5-7-14(20)8-6-13/h5-8,15H,2-4,9-12H2,1H3,(H,21,26)(H,22,25,28). The van der Waals surface area contributed by atoms with Gasteiger partial charge in [0.05, 0.1) is 13.0 Å². The number of esters is 1. The van der Waals surface area contributed by atoms with E-state index in [1.165, 1.54) is 0 Å². The van der Waals surface area contributed by atoms with Crippen LogP contribution in [0, 0.1) is 0 Å². The number of carbonyl (C=O) groups is 3. The van der Waals surface area contributed by atoms with Crippen molar-refractivity contribution in [2.24, 2.45) is 0 Å². The number of halogens is 1. The van der Waals surface area contributed by atoms with Crippen LogP contribution in [0.25, 0.3) is 0 Å². The number of ether oxygens (including phenoxy) is 1. The first-order valence-corrected chi connectivity index (χ1v) is 10.0. The van der Waals surface area contributed by atoms with Gasteiger partial charge >= 0.3 is 5.97 Å². The van der Waals surface area contributed by atoms with Gasteiger partial charge in [-0.1, -0.05) is 31.4 Å². The molecule has 28 heavy (non-hydrogen) atoms. The van der Waals surface area contributed by atoms with Crippen LogP contribution in [0.2, 0.25) is 5.02 Å². The molecule has 9 heteroatoms. The van der Waals surface area contributed by atoms with Crippen LogP contribution in [0.1, 0.15) is 43.0 Å². The fraction of sp³-hybridized carbons (Fsp3) is 0.474. The minimum atomic E-state index is -0.814. The van der Waals surface area contributed by atoms with Crippen molar-refractivity contribution in [1.29, 1.82) is 0 Å². The molecule has 0 aromatic heterocycles. The number of rotatable bonds is 7. The lowest BCUT2D eigenvalue weighted by molar-refractivity contribution is -0.147. The van der Waals surface area contributed by atoms with Crippen molar-refractivity contribution in [3.63, 3.8) is 0 Å². The van der Waals surface area contributed by atoms with Gasteiger partial charge in [-0.3, -0.25) is 19.7 Å². The fourth-order valence-electron chi connectivity index (χ4n) is 2.76. The second kappa shape index (κ2) is 11.0. The summed E-state index contributed by atoms with van der Waals surface area (Å²) in [5, 5.41) is 5.94. The van der Waals surface area contributed by atoms with Gasteiger partial charge in [-0.05, 0) is 42.9 Å². The van der Waals surface area contributed by atoms with Crippen molar-refractivity contribution >= 4 is 46.7 Å². The van der Waals surface area contributed by atoms with Gasteiger partial charge in [0, 0.05) is 23.7 Å². The number of hydrogen-bond donors (Lipinski definition) is 2. The molecular formula is C19H24ClN3O4S. The van der Waals surface area contributed by atoms with E-state index in [0.29, 0.717) is 30.3 Å². The summed E-state index contributed by atoms with van der Waals surface area (Å²) in [6.45, 7) is 3.15. The van der Waals surface area contributed by atoms with Crippen LogP contribution in [0.4, 0.5) is 0 Å². The molecular weight excluding hydrogens is 402 g/mol. The summed E-state index contributed by atoms with van der Waals surface area (Å²) in [5.74, 6) is -1.19. The minimum Gasteiger partial charge on any atom is -0.466 e. The molecule has 0 saturated carbocycles. The minimum absolute atomic E-state index is 0.0959. The first kappa shape index (κ1) is 22.1. The molecule has 1 heterocycles. The molecule has 0 bridgehead atoms. The summed E-state index contributed by atoms with van der Waals surface area (Å²) in [5.41, 5.74) is 0.389. The van der Waals surface area contributed by atoms with Crippen molar-refractivity contribution in [3.8, 4) is 0 Å². The maximum absolute atomic E-state index is 12.4. The lowest BCUT2D eigenvalue weighted by atomic mass is 10.1. The van der Waals surface area contributed by atoms with Crippen molar-refractivity contribution in [3.05, 3.63) is 34.9 Å². The van der Waals surface area contributed by atoms with Gasteiger partial charge in [0.1, 0.15) is 6.04 Å². The lowest BCUT2D eigenvalue weighted by Gasteiger charge is -2.36. The number of amides is 2. The molecule has 1 aromatic rings. The number of carbonyl (C=O) groups excluding carboxylic acids is 3. The highest BCUT2D eigenvalue weighted by Gasteiger charge is 2.34. The van der Waals surface area contributed by atoms with Crippen LogP contribution in [-0.4, -0.2) is 53.5 Å². The predicted octanol–water partition coefficient (Wildman–Crippen LogP) is 2.28. The van der Waals surface area contributed by atoms with Gasteiger partial charge in [0.2, 0.25) is 5.91 Å². The third-order valence-corrected chi connectivity index (χ3v) is 4.88. The zero-order valence-corrected chi connectivity index (χ0v) is 17.3. The van der Waals surface area contributed by atoms with E-state index in [1.807, 2.05) is 0 Å². The van der Waals surface area contributed by atoms with Crippen LogP contribution in [0.5, 0.6) is 0 Å². The Balaban J connectivity index is 1.96. The third kappa shape index (κ3) is 6.45. The quantitative estimate of drug-likeness (QED) is 0.396. The van der Waals surface area contributed by atoms with Crippen molar-refractivity contribution in [2.75, 3.05) is 19.7 Å². The molecule has 2 rings (SSSR count). The molecule has 1 unspecified atom stereocenters. The van der Waals surface area contributed by atoms with Crippen LogP contribution in [-0.2, 0) is 14.3 Å². The van der Waals surface area contributed by atoms with E-state index in [2.05, 4.69) is 17.6 Å². The van der Waals surface area contributed by atoms with Crippen molar-refractivity contribution < 1.29 is 19.1 Å². The van der Waals surface area contributed by atoms with E-state index >= 15 is 0 Å². The van der Waals surface area contributed by atoms with E-state index in [4.69, 9.17) is 28.6 Å². The second-order valence-electron chi connectivity index (χ2n) is 6.40. The van der Waals surface area contributed by atoms with Gasteiger partial charge in [0.25, 0.3) is 5.91 Å². The highest BCUT2D eigenvalue weighted by atomic mass is 35.5. The normalized spacial score (nSPS) is 16.3. The maximum Gasteiger partial charge on any atom is 0.308 e. The zero-order chi connectivity index (χ0) is 20.5. The van der Waals surface area contributed by atoms with Gasteiger partial charge < -0.3 is 15.0 Å². The summed E-state index contributed by atoms with van der Waals surface area (Å²) in [4.78, 5) is 38.3. The van der Waals surface area contributed by atoms with Crippen LogP contribution < -0.4 is 10.6 Å². The first-order chi connectivity index (χ1) is 13.4. The largest absolute Gasteiger partial charge is 0.466 e. The molecule has 2 amide bonds. The van der Waals surface area contributed by atoms with E-state index < -0.39 is 17.9 Å². The molecule has 1 aliphatic heterocycles. The third-order valence-electron chi connectivity index (χ3n) is 4.29. The molecule has 1 aliphatic rings. The molecule has 0 radical (unpaired) electrons. The van der Waals surface area contributed by atoms with Gasteiger partial charge in [-0.15, -0.1) is 0 Å². The molecule has 0 spiro atoms. The van der Waals surface area contributed by atoms with Gasteiger partial charge in [-0.25, -0.2) is 0 Å². The highest BCUT2D eigenvalue weighted by Crippen LogP contribution is 2.13. The van der Waals surface area contributed by atoms with Crippen molar-refractivity contribution in [1.82, 2.24) is 15.5 Å². The van der Waals surface area contributed by atoms with Crippen LogP contribution in [0.15, 0.2) is 24.3 Å². The molecule has 7 nitrogen and oxygen atoms in total. The molecule has 152 valence electrons. The zero-order valence-electron chi connectivity index (χ0n) is 15.7. The summed E-state index contributed by atoms with van der Waals surface area (Å²) < 4.78 is 5.20. The van der Waals surface area contributed by atoms with Gasteiger partial charge in [-0.2, -0.15) is 0 Å². The predicted molar refractivity (Wildman–Crippen MR) is 110 cm³/mol. The first-order valence-electron chi connectivity index (χ1n) is 9.23. The smallest absolute Gasteiger partial charge is 0.308 e. The SMILES string of the molecule is CCCCCOC(=O)CC1C(=O)NCCN1C(=S)NC(=O)c1ccc(Cl)cc1. The van der Waals surface area contributed by atoms with Crippen molar-refractivity contribution in [2.45, 2.75) is 38.6 Å². The number of nitrogens with zero attached hydrogens (tertiary/aromatic N) is 1. The average molecular weight is 426 g/mol. The molecule has 2 N–H and O–H groups in total. The maximum atomic E-state index is 12.4. The van der Waals surface area contributed by atoms with Gasteiger partial charge in [0.15, 0.2) is 5.11 Å². The van der Waals surface area contributed by atoms with Crippen LogP contribution >= 0.6 is 23.8 Å². The van der Waals surface area contributed by atoms with E-state index in [-0.39, 0.29) is 17.4 Å². The number of benzene rings is 1. The molecule has 1 atom stereocenters. The second-order valence-corrected chi connectivity index (χ2v) is 7.22. The molecule has 0 aliphatic carbocycles. The monoisotopic (exact) mass is 425 g/mol. The Bertz CT molecular complexity index is 726. The van der Waals surface area contributed by atoms with E-state index in [9.17, 15) is 14.4 Å². The van der Waals surface area contributed by atoms with Crippen LogP contribution in [0.3, 0.4) is 0 Å². The Hall–Kier alpha value is -2.19.